The van der Waals surface area contributed by atoms with E-state index in [1.54, 1.807) is 6.92 Å². The summed E-state index contributed by atoms with van der Waals surface area (Å²) in [5, 5.41) is 0. The van der Waals surface area contributed by atoms with Crippen molar-refractivity contribution in [3.63, 3.8) is 0 Å². The fourth-order valence-electron chi connectivity index (χ4n) is 2.05. The fourth-order valence-corrected chi connectivity index (χ4v) is 2.05. The minimum Gasteiger partial charge on any atom is -0.466 e. The molecular formula is C16H30O4. The summed E-state index contributed by atoms with van der Waals surface area (Å²) in [5.74, 6) is -0.481. The van der Waals surface area contributed by atoms with Gasteiger partial charge in [-0.1, -0.05) is 46.0 Å². The van der Waals surface area contributed by atoms with E-state index in [0.29, 0.717) is 19.4 Å². The van der Waals surface area contributed by atoms with Crippen LogP contribution in [0.2, 0.25) is 0 Å². The lowest BCUT2D eigenvalue weighted by atomic mass is 10.1. The Hall–Kier alpha value is -1.06. The Morgan fingerprint density at radius 3 is 2.20 bits per heavy atom. The van der Waals surface area contributed by atoms with Crippen molar-refractivity contribution in [2.24, 2.45) is 0 Å². The Labute approximate surface area is 123 Å². The monoisotopic (exact) mass is 286 g/mol. The first-order valence-electron chi connectivity index (χ1n) is 7.99. The van der Waals surface area contributed by atoms with Crippen LogP contribution in [0.3, 0.4) is 0 Å². The molecule has 0 aromatic rings. The van der Waals surface area contributed by atoms with Gasteiger partial charge in [0.1, 0.15) is 6.10 Å². The van der Waals surface area contributed by atoms with Crippen molar-refractivity contribution in [1.82, 2.24) is 0 Å². The molecule has 0 fully saturated rings. The lowest BCUT2D eigenvalue weighted by Gasteiger charge is -2.16. The van der Waals surface area contributed by atoms with E-state index in [0.717, 1.165) is 19.3 Å². The van der Waals surface area contributed by atoms with Gasteiger partial charge in [-0.25, -0.2) is 0 Å². The van der Waals surface area contributed by atoms with Gasteiger partial charge < -0.3 is 9.47 Å². The summed E-state index contributed by atoms with van der Waals surface area (Å²) in [6, 6.07) is 0. The molecule has 0 aliphatic rings. The van der Waals surface area contributed by atoms with Crippen LogP contribution in [-0.4, -0.2) is 24.6 Å². The maximum atomic E-state index is 11.7. The Morgan fingerprint density at radius 2 is 1.60 bits per heavy atom. The maximum Gasteiger partial charge on any atom is 0.309 e. The van der Waals surface area contributed by atoms with Crippen molar-refractivity contribution in [1.29, 1.82) is 0 Å². The van der Waals surface area contributed by atoms with Crippen LogP contribution in [0.1, 0.15) is 78.6 Å². The number of rotatable bonds is 12. The molecule has 0 bridgehead atoms. The van der Waals surface area contributed by atoms with E-state index in [-0.39, 0.29) is 24.5 Å². The largest absolute Gasteiger partial charge is 0.466 e. The maximum absolute atomic E-state index is 11.7. The molecule has 118 valence electrons. The molecule has 1 unspecified atom stereocenters. The Bertz CT molecular complexity index is 263. The molecule has 0 aliphatic heterocycles. The second-order valence-electron chi connectivity index (χ2n) is 5.07. The minimum absolute atomic E-state index is 0.170. The number of esters is 2. The molecule has 0 radical (unpaired) electrons. The van der Waals surface area contributed by atoms with Crippen molar-refractivity contribution in [2.75, 3.05) is 6.61 Å². The van der Waals surface area contributed by atoms with Crippen molar-refractivity contribution >= 4 is 11.9 Å². The lowest BCUT2D eigenvalue weighted by molar-refractivity contribution is -0.155. The number of hydrogen-bond donors (Lipinski definition) is 0. The third-order valence-corrected chi connectivity index (χ3v) is 3.09. The number of unbranched alkanes of at least 4 members (excludes halogenated alkanes) is 4. The highest BCUT2D eigenvalue weighted by Gasteiger charge is 2.18. The van der Waals surface area contributed by atoms with Gasteiger partial charge in [0.05, 0.1) is 13.0 Å². The van der Waals surface area contributed by atoms with Gasteiger partial charge >= 0.3 is 11.9 Å². The normalized spacial score (nSPS) is 11.9. The molecule has 0 rings (SSSR count). The van der Waals surface area contributed by atoms with E-state index in [4.69, 9.17) is 9.47 Å². The molecule has 0 saturated heterocycles. The molecule has 0 aromatic carbocycles. The summed E-state index contributed by atoms with van der Waals surface area (Å²) in [7, 11) is 0. The van der Waals surface area contributed by atoms with Gasteiger partial charge in [-0.3, -0.25) is 9.59 Å². The van der Waals surface area contributed by atoms with E-state index < -0.39 is 0 Å². The minimum atomic E-state index is -0.331. The SMILES string of the molecule is CCCCCCCC(=O)OC(CCC)CC(=O)OCC. The highest BCUT2D eigenvalue weighted by atomic mass is 16.6. The Kier molecular flexibility index (Phi) is 12.3. The average Bonchev–Trinajstić information content (AvgIpc) is 2.39. The van der Waals surface area contributed by atoms with Crippen molar-refractivity contribution < 1.29 is 19.1 Å². The van der Waals surface area contributed by atoms with Gasteiger partial charge in [0, 0.05) is 6.42 Å². The van der Waals surface area contributed by atoms with Crippen molar-refractivity contribution in [3.8, 4) is 0 Å². The Balaban J connectivity index is 3.91. The van der Waals surface area contributed by atoms with Crippen LogP contribution in [0.4, 0.5) is 0 Å². The first kappa shape index (κ1) is 18.9. The third-order valence-electron chi connectivity index (χ3n) is 3.09. The topological polar surface area (TPSA) is 52.6 Å². The third kappa shape index (κ3) is 10.8. The van der Waals surface area contributed by atoms with Crippen LogP contribution in [0, 0.1) is 0 Å². The van der Waals surface area contributed by atoms with Gasteiger partial charge in [-0.2, -0.15) is 0 Å². The van der Waals surface area contributed by atoms with E-state index in [1.807, 2.05) is 6.92 Å². The molecule has 0 amide bonds. The Morgan fingerprint density at radius 1 is 0.900 bits per heavy atom. The molecule has 4 nitrogen and oxygen atoms in total. The number of ether oxygens (including phenoxy) is 2. The predicted molar refractivity (Wildman–Crippen MR) is 79.4 cm³/mol. The van der Waals surface area contributed by atoms with Gasteiger partial charge in [0.15, 0.2) is 0 Å². The van der Waals surface area contributed by atoms with Crippen molar-refractivity contribution in [3.05, 3.63) is 0 Å². The number of carbonyl (C=O) groups is 2. The summed E-state index contributed by atoms with van der Waals surface area (Å²) in [5.41, 5.74) is 0. The summed E-state index contributed by atoms with van der Waals surface area (Å²) in [6.07, 6.45) is 7.41. The van der Waals surface area contributed by atoms with Gasteiger partial charge in [0.2, 0.25) is 0 Å². The average molecular weight is 286 g/mol. The van der Waals surface area contributed by atoms with E-state index in [2.05, 4.69) is 6.92 Å². The molecule has 0 N–H and O–H groups in total. The first-order chi connectivity index (χ1) is 9.63. The molecule has 0 heterocycles. The molecular weight excluding hydrogens is 256 g/mol. The molecule has 0 spiro atoms. The number of hydrogen-bond acceptors (Lipinski definition) is 4. The van der Waals surface area contributed by atoms with Crippen molar-refractivity contribution in [2.45, 2.75) is 84.7 Å². The van der Waals surface area contributed by atoms with Gasteiger partial charge in [0.25, 0.3) is 0 Å². The zero-order valence-electron chi connectivity index (χ0n) is 13.3. The zero-order valence-corrected chi connectivity index (χ0v) is 13.3. The molecule has 0 aliphatic carbocycles. The fraction of sp³-hybridized carbons (Fsp3) is 0.875. The van der Waals surface area contributed by atoms with E-state index >= 15 is 0 Å². The van der Waals surface area contributed by atoms with E-state index in [9.17, 15) is 9.59 Å². The summed E-state index contributed by atoms with van der Waals surface area (Å²) in [6.45, 7) is 6.31. The van der Waals surface area contributed by atoms with Crippen LogP contribution < -0.4 is 0 Å². The molecule has 1 atom stereocenters. The predicted octanol–water partition coefficient (Wildman–Crippen LogP) is 4.01. The van der Waals surface area contributed by atoms with Crippen LogP contribution in [0.15, 0.2) is 0 Å². The molecule has 4 heteroatoms. The van der Waals surface area contributed by atoms with Crippen LogP contribution >= 0.6 is 0 Å². The molecule has 0 aromatic heterocycles. The van der Waals surface area contributed by atoms with Crippen LogP contribution in [-0.2, 0) is 19.1 Å². The highest BCUT2D eigenvalue weighted by Crippen LogP contribution is 2.12. The summed E-state index contributed by atoms with van der Waals surface area (Å²) < 4.78 is 10.3. The smallest absolute Gasteiger partial charge is 0.309 e. The van der Waals surface area contributed by atoms with Gasteiger partial charge in [-0.05, 0) is 19.8 Å². The summed E-state index contributed by atoms with van der Waals surface area (Å²) in [4.78, 5) is 23.2. The zero-order chi connectivity index (χ0) is 15.2. The highest BCUT2D eigenvalue weighted by molar-refractivity contribution is 5.72. The molecule has 0 saturated carbocycles. The van der Waals surface area contributed by atoms with Gasteiger partial charge in [-0.15, -0.1) is 0 Å². The van der Waals surface area contributed by atoms with Crippen LogP contribution in [0.25, 0.3) is 0 Å². The summed E-state index contributed by atoms with van der Waals surface area (Å²) >= 11 is 0. The second-order valence-corrected chi connectivity index (χ2v) is 5.07. The second kappa shape index (κ2) is 12.9. The number of carbonyl (C=O) groups excluding carboxylic acids is 2. The lowest BCUT2D eigenvalue weighted by Crippen LogP contribution is -2.22. The quantitative estimate of drug-likeness (QED) is 0.402. The molecule has 20 heavy (non-hydrogen) atoms. The standard InChI is InChI=1S/C16H30O4/c1-4-7-8-9-10-12-15(17)20-14(11-5-2)13-16(18)19-6-3/h14H,4-13H2,1-3H3. The van der Waals surface area contributed by atoms with Crippen LogP contribution in [0.5, 0.6) is 0 Å². The first-order valence-corrected chi connectivity index (χ1v) is 7.99. The van der Waals surface area contributed by atoms with E-state index in [1.165, 1.54) is 19.3 Å².